The number of sulfone groups is 1. The molecule has 1 aliphatic rings. The van der Waals surface area contributed by atoms with E-state index >= 15 is 0 Å². The van der Waals surface area contributed by atoms with Gasteiger partial charge in [-0.2, -0.15) is 0 Å². The highest BCUT2D eigenvalue weighted by Crippen LogP contribution is 2.22. The van der Waals surface area contributed by atoms with Crippen LogP contribution in [0.3, 0.4) is 0 Å². The predicted molar refractivity (Wildman–Crippen MR) is 56.0 cm³/mol. The van der Waals surface area contributed by atoms with E-state index in [0.29, 0.717) is 6.42 Å². The van der Waals surface area contributed by atoms with E-state index in [0.717, 1.165) is 0 Å². The largest absolute Gasteiger partial charge is 0.466 e. The molecular weight excluding hydrogens is 218 g/mol. The average molecular weight is 233 g/mol. The van der Waals surface area contributed by atoms with Gasteiger partial charge in [0.05, 0.1) is 18.6 Å². The Labute approximate surface area is 89.4 Å². The van der Waals surface area contributed by atoms with Crippen LogP contribution in [0.25, 0.3) is 0 Å². The number of carbonyl (C=O) groups excluding carboxylic acids is 1. The number of esters is 1. The fraction of sp³-hybridized carbons (Fsp3) is 0.667. The van der Waals surface area contributed by atoms with Crippen LogP contribution in [-0.4, -0.2) is 38.5 Å². The molecule has 0 spiro atoms. The molecule has 1 N–H and O–H groups in total. The van der Waals surface area contributed by atoms with E-state index in [4.69, 9.17) is 0 Å². The number of rotatable bonds is 3. The maximum atomic E-state index is 11.2. The van der Waals surface area contributed by atoms with Crippen molar-refractivity contribution in [3.05, 3.63) is 12.3 Å². The zero-order chi connectivity index (χ0) is 11.5. The summed E-state index contributed by atoms with van der Waals surface area (Å²) in [5.41, 5.74) is -0.469. The first-order valence-electron chi connectivity index (χ1n) is 4.59. The summed E-state index contributed by atoms with van der Waals surface area (Å²) in [7, 11) is -1.64. The summed E-state index contributed by atoms with van der Waals surface area (Å²) in [5, 5.41) is 2.92. The maximum absolute atomic E-state index is 11.2. The predicted octanol–water partition coefficient (Wildman–Crippen LogP) is -0.160. The Morgan fingerprint density at radius 2 is 2.20 bits per heavy atom. The van der Waals surface area contributed by atoms with Crippen LogP contribution in [-0.2, 0) is 19.4 Å². The van der Waals surface area contributed by atoms with Gasteiger partial charge < -0.3 is 10.1 Å². The topological polar surface area (TPSA) is 72.5 Å². The lowest BCUT2D eigenvalue weighted by molar-refractivity contribution is -0.134. The Kier molecular flexibility index (Phi) is 3.38. The maximum Gasteiger partial charge on any atom is 0.331 e. The molecule has 1 aliphatic heterocycles. The highest BCUT2D eigenvalue weighted by atomic mass is 32.2. The van der Waals surface area contributed by atoms with E-state index in [2.05, 4.69) is 10.1 Å². The van der Waals surface area contributed by atoms with Crippen molar-refractivity contribution in [2.75, 3.05) is 18.6 Å². The van der Waals surface area contributed by atoms with Crippen LogP contribution >= 0.6 is 0 Å². The zero-order valence-corrected chi connectivity index (χ0v) is 9.63. The molecule has 1 rings (SSSR count). The van der Waals surface area contributed by atoms with Crippen LogP contribution in [0.4, 0.5) is 0 Å². The summed E-state index contributed by atoms with van der Waals surface area (Å²) in [6, 6.07) is 0. The molecular formula is C9H15NO4S. The van der Waals surface area contributed by atoms with E-state index in [1.165, 1.54) is 19.4 Å². The number of nitrogens with one attached hydrogen (secondary N) is 1. The second-order valence-corrected chi connectivity index (χ2v) is 6.09. The van der Waals surface area contributed by atoms with Crippen molar-refractivity contribution in [1.82, 2.24) is 5.32 Å². The van der Waals surface area contributed by atoms with Gasteiger partial charge in [0, 0.05) is 17.8 Å². The standard InChI is InChI=1S/C9H15NO4S/c1-9(4-6-15(12,13)7-9)10-5-3-8(11)14-2/h3,5,10H,4,6-7H2,1-2H3/b5-3+. The second kappa shape index (κ2) is 4.22. The van der Waals surface area contributed by atoms with Crippen LogP contribution in [0.1, 0.15) is 13.3 Å². The Bertz CT molecular complexity index is 374. The summed E-state index contributed by atoms with van der Waals surface area (Å²) in [6.07, 6.45) is 3.23. The third-order valence-electron chi connectivity index (χ3n) is 2.36. The van der Waals surface area contributed by atoms with Crippen molar-refractivity contribution in [3.63, 3.8) is 0 Å². The first-order valence-corrected chi connectivity index (χ1v) is 6.42. The first kappa shape index (κ1) is 12.0. The van der Waals surface area contributed by atoms with Crippen LogP contribution in [0.2, 0.25) is 0 Å². The number of hydrogen-bond acceptors (Lipinski definition) is 5. The van der Waals surface area contributed by atoms with Crippen LogP contribution in [0.5, 0.6) is 0 Å². The van der Waals surface area contributed by atoms with Gasteiger partial charge in [0.1, 0.15) is 0 Å². The molecule has 0 bridgehead atoms. The molecule has 0 aromatic rings. The van der Waals surface area contributed by atoms with Crippen LogP contribution in [0.15, 0.2) is 12.3 Å². The van der Waals surface area contributed by atoms with Crippen molar-refractivity contribution in [2.24, 2.45) is 0 Å². The molecule has 1 saturated heterocycles. The number of methoxy groups -OCH3 is 1. The molecule has 5 nitrogen and oxygen atoms in total. The normalized spacial score (nSPS) is 29.2. The minimum Gasteiger partial charge on any atom is -0.466 e. The van der Waals surface area contributed by atoms with Gasteiger partial charge in [-0.05, 0) is 13.3 Å². The average Bonchev–Trinajstić information content (AvgIpc) is 2.41. The SMILES string of the molecule is COC(=O)/C=C/NC1(C)CCS(=O)(=O)C1. The lowest BCUT2D eigenvalue weighted by Gasteiger charge is -2.22. The van der Waals surface area contributed by atoms with Gasteiger partial charge in [0.2, 0.25) is 0 Å². The molecule has 15 heavy (non-hydrogen) atoms. The van der Waals surface area contributed by atoms with E-state index in [9.17, 15) is 13.2 Å². The smallest absolute Gasteiger partial charge is 0.331 e. The fourth-order valence-corrected chi connectivity index (χ4v) is 3.61. The van der Waals surface area contributed by atoms with Crippen molar-refractivity contribution in [1.29, 1.82) is 0 Å². The van der Waals surface area contributed by atoms with Crippen molar-refractivity contribution >= 4 is 15.8 Å². The Morgan fingerprint density at radius 3 is 2.67 bits per heavy atom. The van der Waals surface area contributed by atoms with Gasteiger partial charge >= 0.3 is 5.97 Å². The van der Waals surface area contributed by atoms with Crippen molar-refractivity contribution < 1.29 is 17.9 Å². The zero-order valence-electron chi connectivity index (χ0n) is 8.82. The van der Waals surface area contributed by atoms with Gasteiger partial charge in [-0.3, -0.25) is 0 Å². The number of hydrogen-bond donors (Lipinski definition) is 1. The van der Waals surface area contributed by atoms with Crippen LogP contribution in [0, 0.1) is 0 Å². The first-order chi connectivity index (χ1) is 6.87. The lowest BCUT2D eigenvalue weighted by Crippen LogP contribution is -2.40. The molecule has 1 heterocycles. The van der Waals surface area contributed by atoms with E-state index < -0.39 is 21.3 Å². The Balaban J connectivity index is 2.53. The molecule has 86 valence electrons. The molecule has 1 unspecified atom stereocenters. The highest BCUT2D eigenvalue weighted by Gasteiger charge is 2.37. The molecule has 0 aliphatic carbocycles. The minimum absolute atomic E-state index is 0.103. The molecule has 1 fully saturated rings. The molecule has 0 aromatic heterocycles. The van der Waals surface area contributed by atoms with E-state index in [1.54, 1.807) is 0 Å². The number of carbonyl (C=O) groups is 1. The molecule has 0 saturated carbocycles. The summed E-state index contributed by atoms with van der Waals surface area (Å²) >= 11 is 0. The summed E-state index contributed by atoms with van der Waals surface area (Å²) in [5.74, 6) is -0.166. The van der Waals surface area contributed by atoms with Crippen LogP contribution < -0.4 is 5.32 Å². The fourth-order valence-electron chi connectivity index (χ4n) is 1.50. The monoisotopic (exact) mass is 233 g/mol. The number of ether oxygens (including phenoxy) is 1. The van der Waals surface area contributed by atoms with Gasteiger partial charge in [0.25, 0.3) is 0 Å². The third-order valence-corrected chi connectivity index (χ3v) is 4.26. The van der Waals surface area contributed by atoms with Crippen molar-refractivity contribution in [2.45, 2.75) is 18.9 Å². The van der Waals surface area contributed by atoms with E-state index in [-0.39, 0.29) is 11.5 Å². The molecule has 0 amide bonds. The second-order valence-electron chi connectivity index (χ2n) is 3.90. The Hall–Kier alpha value is -1.04. The van der Waals surface area contributed by atoms with Gasteiger partial charge in [-0.1, -0.05) is 0 Å². The minimum atomic E-state index is -2.92. The third kappa shape index (κ3) is 3.54. The highest BCUT2D eigenvalue weighted by molar-refractivity contribution is 7.91. The molecule has 6 heteroatoms. The lowest BCUT2D eigenvalue weighted by atomic mass is 10.0. The van der Waals surface area contributed by atoms with Crippen molar-refractivity contribution in [3.8, 4) is 0 Å². The molecule has 0 radical (unpaired) electrons. The molecule has 1 atom stereocenters. The Morgan fingerprint density at radius 1 is 1.53 bits per heavy atom. The summed E-state index contributed by atoms with van der Waals surface area (Å²) in [4.78, 5) is 10.8. The molecule has 0 aromatic carbocycles. The summed E-state index contributed by atoms with van der Waals surface area (Å²) < 4.78 is 26.9. The summed E-state index contributed by atoms with van der Waals surface area (Å²) in [6.45, 7) is 1.82. The quantitative estimate of drug-likeness (QED) is 0.541. The van der Waals surface area contributed by atoms with Gasteiger partial charge in [0.15, 0.2) is 9.84 Å². The van der Waals surface area contributed by atoms with Gasteiger partial charge in [-0.15, -0.1) is 0 Å². The van der Waals surface area contributed by atoms with Gasteiger partial charge in [-0.25, -0.2) is 13.2 Å². The van der Waals surface area contributed by atoms with E-state index in [1.807, 2.05) is 6.92 Å².